The van der Waals surface area contributed by atoms with Crippen LogP contribution in [0.4, 0.5) is 57.4 Å². The summed E-state index contributed by atoms with van der Waals surface area (Å²) in [4.78, 5) is 27.5. The fraction of sp³-hybridized carbons (Fsp3) is 0.0857. The van der Waals surface area contributed by atoms with Crippen molar-refractivity contribution in [1.29, 1.82) is 0 Å². The van der Waals surface area contributed by atoms with Crippen LogP contribution in [0, 0.1) is 0 Å². The Labute approximate surface area is 420 Å². The van der Waals surface area contributed by atoms with Crippen LogP contribution in [-0.2, 0) is 74.2 Å². The quantitative estimate of drug-likeness (QED) is 0.00563. The molecule has 0 aliphatic rings. The maximum atomic E-state index is 12.3. The summed E-state index contributed by atoms with van der Waals surface area (Å²) in [5, 5.41) is 47.9. The Morgan fingerprint density at radius 2 is 1.42 bits per heavy atom. The molecular formula is C35H30ClN11O19S6. The molecule has 1 amide bonds. The van der Waals surface area contributed by atoms with E-state index in [1.807, 2.05) is 0 Å². The molecule has 0 radical (unpaired) electrons. The lowest BCUT2D eigenvalue weighted by Gasteiger charge is -2.13. The molecule has 0 saturated carbocycles. The average Bonchev–Trinajstić information content (AvgIpc) is 3.28. The molecule has 10 N–H and O–H groups in total. The number of rotatable bonds is 23. The molecule has 1 unspecified atom stereocenters. The molecule has 6 rings (SSSR count). The first-order chi connectivity index (χ1) is 34.0. The van der Waals surface area contributed by atoms with Gasteiger partial charge in [0.05, 0.1) is 69.0 Å². The van der Waals surface area contributed by atoms with Gasteiger partial charge in [0.1, 0.15) is 26.9 Å². The van der Waals surface area contributed by atoms with Crippen molar-refractivity contribution < 1.29 is 86.4 Å². The molecule has 1 heterocycles. The van der Waals surface area contributed by atoms with Gasteiger partial charge >= 0.3 is 0 Å². The molecule has 0 aliphatic carbocycles. The lowest BCUT2D eigenvalue weighted by molar-refractivity contribution is -0.435. The lowest BCUT2D eigenvalue weighted by atomic mass is 10.1. The van der Waals surface area contributed by atoms with E-state index in [0.29, 0.717) is 23.0 Å². The van der Waals surface area contributed by atoms with Crippen molar-refractivity contribution in [3.05, 3.63) is 84.1 Å². The van der Waals surface area contributed by atoms with Crippen molar-refractivity contribution in [1.82, 2.24) is 15.0 Å². The summed E-state index contributed by atoms with van der Waals surface area (Å²) in [6.07, 6.45) is 0. The van der Waals surface area contributed by atoms with Crippen LogP contribution in [0.25, 0.3) is 10.8 Å². The van der Waals surface area contributed by atoms with Gasteiger partial charge in [-0.2, -0.15) is 49.7 Å². The van der Waals surface area contributed by atoms with Crippen LogP contribution < -0.4 is 21.7 Å². The maximum absolute atomic E-state index is 12.3. The number of carbonyl (C=O) groups excluding carboxylic acids is 1. The second-order valence-corrected chi connectivity index (χ2v) is 20.7. The Bertz CT molecular complexity index is 3460. The van der Waals surface area contributed by atoms with E-state index in [1.165, 1.54) is 37.3 Å². The Morgan fingerprint density at radius 1 is 0.736 bits per heavy atom. The summed E-state index contributed by atoms with van der Waals surface area (Å²) in [6, 6.07) is 15.9. The normalized spacial score (nSPS) is 12.7. The number of amides is 1. The minimum Gasteiger partial charge on any atom is -0.398 e. The van der Waals surface area contributed by atoms with Crippen LogP contribution in [-0.4, -0.2) is 86.9 Å². The van der Waals surface area contributed by atoms with E-state index in [0.717, 1.165) is 42.4 Å². The SMILES string of the molecule is CC(=O)Nc1cc(Nc2nc(Cl)nc(Nc3cc(N)c(S(=O)(=O)O)cc3N=Nc3ccc(SOOCCS(=O)OOO)cc3)n2)ccc1N=Nc1cc2cc(S(=O)(=O)O)cc(S(=O)(=O)O)c2cc1SOOO. The molecule has 0 aliphatic heterocycles. The number of nitrogens with one attached hydrogen (secondary N) is 3. The molecule has 30 nitrogen and oxygen atoms in total. The van der Waals surface area contributed by atoms with Crippen molar-refractivity contribution in [2.24, 2.45) is 20.5 Å². The topological polar surface area (TPSA) is 443 Å². The van der Waals surface area contributed by atoms with Gasteiger partial charge < -0.3 is 21.7 Å². The second kappa shape index (κ2) is 24.1. The predicted molar refractivity (Wildman–Crippen MR) is 253 cm³/mol. The third-order valence-corrected chi connectivity index (χ3v) is 13.3. The summed E-state index contributed by atoms with van der Waals surface area (Å²) in [5.74, 6) is -1.20. The molecule has 1 aromatic heterocycles. The Balaban J connectivity index is 1.26. The highest BCUT2D eigenvalue weighted by molar-refractivity contribution is 7.95. The lowest BCUT2D eigenvalue weighted by Crippen LogP contribution is -2.07. The van der Waals surface area contributed by atoms with Crippen LogP contribution in [0.1, 0.15) is 6.92 Å². The number of halogens is 1. The molecule has 1 atom stereocenters. The zero-order chi connectivity index (χ0) is 52.4. The number of hydrogen-bond donors (Lipinski definition) is 9. The number of hydrogen-bond acceptors (Lipinski definition) is 28. The van der Waals surface area contributed by atoms with Crippen LogP contribution in [0.15, 0.2) is 124 Å². The van der Waals surface area contributed by atoms with Crippen molar-refractivity contribution in [3.63, 3.8) is 0 Å². The smallest absolute Gasteiger partial charge is 0.296 e. The number of carbonyl (C=O) groups is 1. The van der Waals surface area contributed by atoms with Crippen molar-refractivity contribution in [2.45, 2.75) is 31.4 Å². The molecule has 0 fully saturated rings. The number of azo groups is 2. The molecule has 0 saturated heterocycles. The largest absolute Gasteiger partial charge is 0.398 e. The third kappa shape index (κ3) is 15.5. The fourth-order valence-corrected chi connectivity index (χ4v) is 8.99. The monoisotopic (exact) mass is 1130 g/mol. The minimum absolute atomic E-state index is 0.0102. The van der Waals surface area contributed by atoms with Crippen LogP contribution in [0.3, 0.4) is 0 Å². The zero-order valence-electron chi connectivity index (χ0n) is 35.4. The number of fused-ring (bicyclic) bond motifs is 1. The maximum Gasteiger partial charge on any atom is 0.296 e. The van der Waals surface area contributed by atoms with Gasteiger partial charge in [0, 0.05) is 22.9 Å². The number of benzene rings is 5. The van der Waals surface area contributed by atoms with Gasteiger partial charge in [0.15, 0.2) is 11.1 Å². The molecule has 5 aromatic carbocycles. The fourth-order valence-electron chi connectivity index (χ4n) is 5.63. The Hall–Kier alpha value is -6.01. The summed E-state index contributed by atoms with van der Waals surface area (Å²) in [6.45, 7) is 1.01. The number of aromatic nitrogens is 3. The Kier molecular flexibility index (Phi) is 18.5. The summed E-state index contributed by atoms with van der Waals surface area (Å²) in [7, 11) is -15.0. The van der Waals surface area contributed by atoms with Gasteiger partial charge in [0.25, 0.3) is 30.4 Å². The molecule has 72 heavy (non-hydrogen) atoms. The summed E-state index contributed by atoms with van der Waals surface area (Å²) in [5.41, 5.74) is 5.64. The molecule has 0 bridgehead atoms. The van der Waals surface area contributed by atoms with Crippen molar-refractivity contribution in [3.8, 4) is 0 Å². The first-order valence-electron chi connectivity index (χ1n) is 18.8. The third-order valence-electron chi connectivity index (χ3n) is 8.52. The van der Waals surface area contributed by atoms with Crippen LogP contribution in [0.5, 0.6) is 0 Å². The number of nitrogens with two attached hydrogens (primary N) is 1. The zero-order valence-corrected chi connectivity index (χ0v) is 41.1. The summed E-state index contributed by atoms with van der Waals surface area (Å²) < 4.78 is 127. The van der Waals surface area contributed by atoms with Gasteiger partial charge in [0.2, 0.25) is 23.1 Å². The molecule has 0 spiro atoms. The van der Waals surface area contributed by atoms with E-state index >= 15 is 0 Å². The van der Waals surface area contributed by atoms with Crippen molar-refractivity contribution in [2.75, 3.05) is 34.0 Å². The molecule has 382 valence electrons. The Morgan fingerprint density at radius 3 is 2.07 bits per heavy atom. The average molecular weight is 1140 g/mol. The van der Waals surface area contributed by atoms with E-state index in [4.69, 9.17) is 37.1 Å². The van der Waals surface area contributed by atoms with Crippen LogP contribution >= 0.6 is 35.7 Å². The van der Waals surface area contributed by atoms with Gasteiger partial charge in [-0.05, 0) is 95.8 Å². The number of nitrogen functional groups attached to an aromatic ring is 1. The summed E-state index contributed by atoms with van der Waals surface area (Å²) >= 11 is 5.37. The van der Waals surface area contributed by atoms with E-state index in [2.05, 4.69) is 70.1 Å². The molecule has 37 heteroatoms. The van der Waals surface area contributed by atoms with Crippen molar-refractivity contribution >= 4 is 151 Å². The van der Waals surface area contributed by atoms with Gasteiger partial charge in [-0.25, -0.2) is 19.6 Å². The standard InChI is InChI=1S/C35H30ClN11O19S6/c1-17(48)38-26-12-20(4-7-25(26)45-47-29-11-18-10-22(70(52,53)54)13-31(71(55,56)57)23(18)14-30(29)68-65-62-49)39-34-41-33(36)42-35(43-34)40-27-15-24(37)32(72(58,59)60)16-28(27)46-44-19-2-5-21(6-3-19)67-64-61-8-9-69(51)66-63-50/h2-7,10-16,49-50H,8-9,37H2,1H3,(H,38,48)(H,52,53,54)(H,55,56,57)(H,58,59,60)(H2,39,40,41,42,43). The van der Waals surface area contributed by atoms with E-state index < -0.39 is 67.7 Å². The highest BCUT2D eigenvalue weighted by Crippen LogP contribution is 2.41. The number of anilines is 6. The number of nitrogens with zero attached hydrogens (tertiary/aromatic N) is 7. The predicted octanol–water partition coefficient (Wildman–Crippen LogP) is 7.75. The van der Waals surface area contributed by atoms with Gasteiger partial charge in [-0.15, -0.1) is 24.0 Å². The molecular weight excluding hydrogens is 1110 g/mol. The van der Waals surface area contributed by atoms with E-state index in [-0.39, 0.29) is 85.0 Å². The molecule has 6 aromatic rings. The first-order valence-corrected chi connectivity index (χ1v) is 26.2. The first kappa shape index (κ1) is 55.3. The van der Waals surface area contributed by atoms with Gasteiger partial charge in [-0.1, -0.05) is 10.1 Å². The van der Waals surface area contributed by atoms with Crippen LogP contribution in [0.2, 0.25) is 5.28 Å². The highest BCUT2D eigenvalue weighted by Gasteiger charge is 2.23. The second-order valence-electron chi connectivity index (χ2n) is 13.5. The van der Waals surface area contributed by atoms with E-state index in [9.17, 15) is 47.9 Å². The minimum atomic E-state index is -5.09. The van der Waals surface area contributed by atoms with E-state index in [1.54, 1.807) is 12.1 Å². The highest BCUT2D eigenvalue weighted by atomic mass is 35.5. The van der Waals surface area contributed by atoms with Gasteiger partial charge in [-0.3, -0.25) is 18.5 Å².